The Morgan fingerprint density at radius 1 is 1.10 bits per heavy atom. The Labute approximate surface area is 177 Å². The molecule has 29 heavy (non-hydrogen) atoms. The summed E-state index contributed by atoms with van der Waals surface area (Å²) in [6.45, 7) is 5.50. The third kappa shape index (κ3) is 3.96. The summed E-state index contributed by atoms with van der Waals surface area (Å²) in [6, 6.07) is 8.24. The Morgan fingerprint density at radius 2 is 1.79 bits per heavy atom. The molecule has 0 atom stereocenters. The highest BCUT2D eigenvalue weighted by molar-refractivity contribution is 7.12. The molecular weight excluding hydrogens is 378 g/mol. The van der Waals surface area contributed by atoms with Crippen molar-refractivity contribution in [3.8, 4) is 5.75 Å². The zero-order chi connectivity index (χ0) is 20.0. The molecule has 4 heteroatoms. The van der Waals surface area contributed by atoms with Gasteiger partial charge in [0.05, 0.1) is 4.88 Å². The molecule has 0 aliphatic heterocycles. The van der Waals surface area contributed by atoms with Gasteiger partial charge in [-0.1, -0.05) is 12.1 Å². The van der Waals surface area contributed by atoms with Crippen LogP contribution in [0.4, 0.5) is 0 Å². The van der Waals surface area contributed by atoms with E-state index in [1.807, 2.05) is 11.4 Å². The molecule has 4 aliphatic carbocycles. The van der Waals surface area contributed by atoms with Crippen LogP contribution in [0.3, 0.4) is 0 Å². The second-order valence-electron chi connectivity index (χ2n) is 9.98. The van der Waals surface area contributed by atoms with Crippen molar-refractivity contribution >= 4 is 17.2 Å². The third-order valence-electron chi connectivity index (χ3n) is 7.40. The first-order valence-electron chi connectivity index (χ1n) is 11.0. The maximum Gasteiger partial charge on any atom is 0.261 e. The number of aryl methyl sites for hydroxylation is 2. The van der Waals surface area contributed by atoms with E-state index in [0.29, 0.717) is 12.0 Å². The van der Waals surface area contributed by atoms with Crippen LogP contribution in [0.15, 0.2) is 29.6 Å². The lowest BCUT2D eigenvalue weighted by Gasteiger charge is -2.56. The van der Waals surface area contributed by atoms with Crippen molar-refractivity contribution in [1.82, 2.24) is 5.32 Å². The van der Waals surface area contributed by atoms with E-state index in [9.17, 15) is 4.79 Å². The zero-order valence-corrected chi connectivity index (χ0v) is 18.3. The molecule has 4 aliphatic rings. The third-order valence-corrected chi connectivity index (χ3v) is 8.38. The Balaban J connectivity index is 1.17. The summed E-state index contributed by atoms with van der Waals surface area (Å²) < 4.78 is 6.00. The second kappa shape index (κ2) is 7.46. The van der Waals surface area contributed by atoms with Crippen molar-refractivity contribution in [3.63, 3.8) is 0 Å². The number of benzene rings is 1. The van der Waals surface area contributed by atoms with Crippen LogP contribution in [0, 0.1) is 37.0 Å². The molecule has 4 fully saturated rings. The predicted octanol–water partition coefficient (Wildman–Crippen LogP) is 5.89. The molecule has 3 nitrogen and oxygen atoms in total. The van der Waals surface area contributed by atoms with Gasteiger partial charge in [0.25, 0.3) is 5.91 Å². The molecule has 0 radical (unpaired) electrons. The van der Waals surface area contributed by atoms with Gasteiger partial charge in [0, 0.05) is 12.1 Å². The number of carbonyl (C=O) groups is 1. The van der Waals surface area contributed by atoms with Crippen molar-refractivity contribution in [2.75, 3.05) is 6.54 Å². The number of amides is 1. The Bertz CT molecular complexity index is 880. The SMILES string of the molecule is Cc1ccc(C)c(OCc2csc(C(=O)NCC34CC5CC(CC(C5)C3)C4)c2)c1. The lowest BCUT2D eigenvalue weighted by atomic mass is 9.49. The highest BCUT2D eigenvalue weighted by Crippen LogP contribution is 2.59. The predicted molar refractivity (Wildman–Crippen MR) is 118 cm³/mol. The molecule has 2 aromatic rings. The van der Waals surface area contributed by atoms with E-state index < -0.39 is 0 Å². The van der Waals surface area contributed by atoms with E-state index in [0.717, 1.165) is 46.1 Å². The van der Waals surface area contributed by atoms with Gasteiger partial charge in [0.2, 0.25) is 0 Å². The number of carbonyl (C=O) groups excluding carboxylic acids is 1. The molecular formula is C25H31NO2S. The zero-order valence-electron chi connectivity index (χ0n) is 17.5. The molecule has 1 aromatic heterocycles. The minimum absolute atomic E-state index is 0.0868. The molecule has 4 bridgehead atoms. The molecule has 1 heterocycles. The van der Waals surface area contributed by atoms with Gasteiger partial charge in [-0.2, -0.15) is 0 Å². The summed E-state index contributed by atoms with van der Waals surface area (Å²) in [7, 11) is 0. The average Bonchev–Trinajstić information content (AvgIpc) is 3.15. The largest absolute Gasteiger partial charge is 0.489 e. The average molecular weight is 410 g/mol. The summed E-state index contributed by atoms with van der Waals surface area (Å²) in [5, 5.41) is 5.34. The molecule has 4 saturated carbocycles. The van der Waals surface area contributed by atoms with Crippen LogP contribution in [-0.2, 0) is 6.61 Å². The molecule has 0 spiro atoms. The fraction of sp³-hybridized carbons (Fsp3) is 0.560. The minimum Gasteiger partial charge on any atom is -0.489 e. The van der Waals surface area contributed by atoms with Crippen LogP contribution in [0.2, 0.25) is 0 Å². The molecule has 6 rings (SSSR count). The molecule has 1 amide bonds. The first-order chi connectivity index (χ1) is 14.0. The Morgan fingerprint density at radius 3 is 2.48 bits per heavy atom. The quantitative estimate of drug-likeness (QED) is 0.646. The van der Waals surface area contributed by atoms with Crippen LogP contribution in [0.25, 0.3) is 0 Å². The summed E-state index contributed by atoms with van der Waals surface area (Å²) in [5.74, 6) is 3.78. The number of rotatable bonds is 6. The number of nitrogens with one attached hydrogen (secondary N) is 1. The van der Waals surface area contributed by atoms with Gasteiger partial charge in [0.1, 0.15) is 12.4 Å². The number of hydrogen-bond acceptors (Lipinski definition) is 3. The van der Waals surface area contributed by atoms with Gasteiger partial charge in [-0.25, -0.2) is 0 Å². The van der Waals surface area contributed by atoms with E-state index >= 15 is 0 Å². The van der Waals surface area contributed by atoms with Crippen molar-refractivity contribution in [1.29, 1.82) is 0 Å². The standard InChI is InChI=1S/C25H31NO2S/c1-16-3-4-17(2)22(5-16)28-13-21-9-23(29-14-21)24(27)26-15-25-10-18-6-19(11-25)8-20(7-18)12-25/h3-5,9,14,18-20H,6-8,10-13,15H2,1-2H3,(H,26,27). The maximum atomic E-state index is 12.8. The normalized spacial score (nSPS) is 29.8. The fourth-order valence-electron chi connectivity index (χ4n) is 6.46. The first kappa shape index (κ1) is 19.2. The molecule has 1 N–H and O–H groups in total. The first-order valence-corrected chi connectivity index (χ1v) is 11.9. The highest BCUT2D eigenvalue weighted by Gasteiger charge is 2.50. The van der Waals surface area contributed by atoms with Gasteiger partial charge in [0.15, 0.2) is 0 Å². The summed E-state index contributed by atoms with van der Waals surface area (Å²) in [5.41, 5.74) is 3.78. The monoisotopic (exact) mass is 409 g/mol. The Hall–Kier alpha value is -1.81. The fourth-order valence-corrected chi connectivity index (χ4v) is 7.27. The van der Waals surface area contributed by atoms with Crippen molar-refractivity contribution in [2.45, 2.75) is 59.0 Å². The summed E-state index contributed by atoms with van der Waals surface area (Å²) in [6.07, 6.45) is 8.33. The van der Waals surface area contributed by atoms with Crippen LogP contribution in [0.5, 0.6) is 5.75 Å². The van der Waals surface area contributed by atoms with Crippen molar-refractivity contribution in [2.24, 2.45) is 23.2 Å². The van der Waals surface area contributed by atoms with Crippen LogP contribution in [0.1, 0.15) is 64.9 Å². The smallest absolute Gasteiger partial charge is 0.261 e. The van der Waals surface area contributed by atoms with Gasteiger partial charge in [-0.3, -0.25) is 4.79 Å². The molecule has 0 saturated heterocycles. The Kier molecular flexibility index (Phi) is 4.93. The van der Waals surface area contributed by atoms with Gasteiger partial charge in [-0.05, 0) is 104 Å². The van der Waals surface area contributed by atoms with Crippen molar-refractivity contribution in [3.05, 3.63) is 51.2 Å². The number of ether oxygens (including phenoxy) is 1. The van der Waals surface area contributed by atoms with Crippen LogP contribution in [-0.4, -0.2) is 12.5 Å². The van der Waals surface area contributed by atoms with Gasteiger partial charge < -0.3 is 10.1 Å². The minimum atomic E-state index is 0.0868. The van der Waals surface area contributed by atoms with Gasteiger partial charge in [-0.15, -0.1) is 11.3 Å². The van der Waals surface area contributed by atoms with Gasteiger partial charge >= 0.3 is 0 Å². The lowest BCUT2D eigenvalue weighted by Crippen LogP contribution is -2.51. The number of hydrogen-bond donors (Lipinski definition) is 1. The van der Waals surface area contributed by atoms with E-state index in [1.165, 1.54) is 55.4 Å². The molecule has 1 aromatic carbocycles. The number of thiophene rings is 1. The summed E-state index contributed by atoms with van der Waals surface area (Å²) >= 11 is 1.53. The van der Waals surface area contributed by atoms with E-state index in [2.05, 4.69) is 37.4 Å². The lowest BCUT2D eigenvalue weighted by molar-refractivity contribution is -0.0503. The highest BCUT2D eigenvalue weighted by atomic mass is 32.1. The van der Waals surface area contributed by atoms with Crippen molar-refractivity contribution < 1.29 is 9.53 Å². The van der Waals surface area contributed by atoms with E-state index in [4.69, 9.17) is 4.74 Å². The van der Waals surface area contributed by atoms with E-state index in [1.54, 1.807) is 0 Å². The van der Waals surface area contributed by atoms with Crippen LogP contribution >= 0.6 is 11.3 Å². The second-order valence-corrected chi connectivity index (χ2v) is 10.9. The molecule has 154 valence electrons. The van der Waals surface area contributed by atoms with Crippen LogP contribution < -0.4 is 10.1 Å². The summed E-state index contributed by atoms with van der Waals surface area (Å²) in [4.78, 5) is 13.6. The maximum absolute atomic E-state index is 12.8. The topological polar surface area (TPSA) is 38.3 Å². The van der Waals surface area contributed by atoms with E-state index in [-0.39, 0.29) is 5.91 Å². The molecule has 0 unspecified atom stereocenters.